The van der Waals surface area contributed by atoms with Gasteiger partial charge in [0.2, 0.25) is 0 Å². The van der Waals surface area contributed by atoms with Gasteiger partial charge in [-0.1, -0.05) is 18.6 Å². The maximum atomic E-state index is 11.0. The Balaban J connectivity index is 2.10. The van der Waals surface area contributed by atoms with E-state index in [4.69, 9.17) is 5.11 Å². The number of rotatable bonds is 3. The second-order valence-corrected chi connectivity index (χ2v) is 4.14. The summed E-state index contributed by atoms with van der Waals surface area (Å²) in [5.74, 6) is -0.941. The van der Waals surface area contributed by atoms with Crippen LogP contribution in [0.4, 0.5) is 5.69 Å². The highest BCUT2D eigenvalue weighted by atomic mass is 16.4. The number of nitrogens with one attached hydrogen (secondary N) is 1. The predicted octanol–water partition coefficient (Wildman–Crippen LogP) is 2.06. The molecule has 4 heteroatoms. The molecule has 0 radical (unpaired) electrons. The summed E-state index contributed by atoms with van der Waals surface area (Å²) in [4.78, 5) is 11.0. The highest BCUT2D eigenvalue weighted by Crippen LogP contribution is 2.31. The fourth-order valence-corrected chi connectivity index (χ4v) is 2.22. The molecule has 1 aliphatic rings. The van der Waals surface area contributed by atoms with Crippen molar-refractivity contribution >= 4 is 11.7 Å². The summed E-state index contributed by atoms with van der Waals surface area (Å²) < 4.78 is 0. The molecule has 4 nitrogen and oxygen atoms in total. The minimum absolute atomic E-state index is 0.0780. The zero-order valence-electron chi connectivity index (χ0n) is 8.89. The van der Waals surface area contributed by atoms with Crippen LogP contribution in [-0.4, -0.2) is 22.2 Å². The molecule has 16 heavy (non-hydrogen) atoms. The van der Waals surface area contributed by atoms with Crippen molar-refractivity contribution in [2.24, 2.45) is 5.92 Å². The van der Waals surface area contributed by atoms with Crippen LogP contribution in [0.25, 0.3) is 0 Å². The van der Waals surface area contributed by atoms with Gasteiger partial charge in [-0.05, 0) is 25.0 Å². The van der Waals surface area contributed by atoms with Gasteiger partial charge in [0.05, 0.1) is 11.6 Å². The van der Waals surface area contributed by atoms with Crippen LogP contribution in [0.1, 0.15) is 19.3 Å². The molecular weight excluding hydrogens is 206 g/mol. The normalized spacial score (nSPS) is 24.2. The molecule has 0 aliphatic heterocycles. The summed E-state index contributed by atoms with van der Waals surface area (Å²) in [5.41, 5.74) is 0.612. The molecule has 0 amide bonds. The zero-order chi connectivity index (χ0) is 11.5. The quantitative estimate of drug-likeness (QED) is 0.683. The fourth-order valence-electron chi connectivity index (χ4n) is 2.22. The van der Waals surface area contributed by atoms with E-state index in [9.17, 15) is 9.90 Å². The fraction of sp³-hybridized carbons (Fsp3) is 0.417. The molecule has 0 spiro atoms. The first kappa shape index (κ1) is 10.8. The van der Waals surface area contributed by atoms with Gasteiger partial charge in [-0.15, -0.1) is 0 Å². The number of carbonyl (C=O) groups is 1. The molecule has 0 saturated heterocycles. The maximum Gasteiger partial charge on any atom is 0.308 e. The van der Waals surface area contributed by atoms with E-state index in [1.807, 2.05) is 6.07 Å². The lowest BCUT2D eigenvalue weighted by Crippen LogP contribution is -2.29. The number of aliphatic carboxylic acids is 1. The second-order valence-electron chi connectivity index (χ2n) is 4.14. The molecule has 2 atom stereocenters. The molecule has 0 bridgehead atoms. The van der Waals surface area contributed by atoms with Gasteiger partial charge in [-0.3, -0.25) is 4.79 Å². The van der Waals surface area contributed by atoms with Crippen LogP contribution >= 0.6 is 0 Å². The highest BCUT2D eigenvalue weighted by molar-refractivity contribution is 5.72. The van der Waals surface area contributed by atoms with E-state index in [-0.39, 0.29) is 17.7 Å². The Hall–Kier alpha value is -1.71. The Bertz CT molecular complexity index is 392. The molecule has 0 aromatic heterocycles. The number of para-hydroxylation sites is 2. The molecule has 0 heterocycles. The Kier molecular flexibility index (Phi) is 2.99. The van der Waals surface area contributed by atoms with Crippen molar-refractivity contribution in [3.63, 3.8) is 0 Å². The first-order chi connectivity index (χ1) is 7.68. The topological polar surface area (TPSA) is 69.6 Å². The van der Waals surface area contributed by atoms with Gasteiger partial charge in [-0.25, -0.2) is 0 Å². The van der Waals surface area contributed by atoms with Crippen LogP contribution in [-0.2, 0) is 4.79 Å². The predicted molar refractivity (Wildman–Crippen MR) is 60.5 cm³/mol. The van der Waals surface area contributed by atoms with Gasteiger partial charge in [0.25, 0.3) is 0 Å². The summed E-state index contributed by atoms with van der Waals surface area (Å²) in [6, 6.07) is 6.82. The Morgan fingerprint density at radius 1 is 1.31 bits per heavy atom. The molecule has 1 aromatic carbocycles. The van der Waals surface area contributed by atoms with Crippen molar-refractivity contribution in [2.45, 2.75) is 25.3 Å². The first-order valence-corrected chi connectivity index (χ1v) is 5.46. The minimum Gasteiger partial charge on any atom is -0.506 e. The number of aromatic hydroxyl groups is 1. The summed E-state index contributed by atoms with van der Waals surface area (Å²) >= 11 is 0. The van der Waals surface area contributed by atoms with Gasteiger partial charge in [0.15, 0.2) is 0 Å². The molecule has 1 aliphatic carbocycles. The van der Waals surface area contributed by atoms with E-state index >= 15 is 0 Å². The molecule has 2 unspecified atom stereocenters. The average molecular weight is 221 g/mol. The van der Waals surface area contributed by atoms with Gasteiger partial charge in [-0.2, -0.15) is 0 Å². The third kappa shape index (κ3) is 2.10. The van der Waals surface area contributed by atoms with Crippen LogP contribution in [0, 0.1) is 5.92 Å². The van der Waals surface area contributed by atoms with Crippen molar-refractivity contribution in [2.75, 3.05) is 5.32 Å². The average Bonchev–Trinajstić information content (AvgIpc) is 2.69. The Labute approximate surface area is 93.9 Å². The second kappa shape index (κ2) is 4.43. The van der Waals surface area contributed by atoms with Crippen LogP contribution < -0.4 is 5.32 Å². The van der Waals surface area contributed by atoms with E-state index in [0.717, 1.165) is 12.8 Å². The molecule has 1 saturated carbocycles. The third-order valence-electron chi connectivity index (χ3n) is 3.08. The molecule has 3 N–H and O–H groups in total. The van der Waals surface area contributed by atoms with Gasteiger partial charge >= 0.3 is 5.97 Å². The number of benzene rings is 1. The van der Waals surface area contributed by atoms with Crippen molar-refractivity contribution in [3.8, 4) is 5.75 Å². The van der Waals surface area contributed by atoms with Gasteiger partial charge in [0.1, 0.15) is 5.75 Å². The highest BCUT2D eigenvalue weighted by Gasteiger charge is 2.32. The van der Waals surface area contributed by atoms with Crippen molar-refractivity contribution < 1.29 is 15.0 Å². The van der Waals surface area contributed by atoms with E-state index in [1.165, 1.54) is 0 Å². The lowest BCUT2D eigenvalue weighted by molar-refractivity contribution is -0.141. The summed E-state index contributed by atoms with van der Waals surface area (Å²) in [7, 11) is 0. The summed E-state index contributed by atoms with van der Waals surface area (Å²) in [5, 5.41) is 21.7. The first-order valence-electron chi connectivity index (χ1n) is 5.46. The van der Waals surface area contributed by atoms with E-state index in [0.29, 0.717) is 12.1 Å². The van der Waals surface area contributed by atoms with Crippen molar-refractivity contribution in [3.05, 3.63) is 24.3 Å². The monoisotopic (exact) mass is 221 g/mol. The lowest BCUT2D eigenvalue weighted by atomic mass is 10.0. The molecule has 1 aromatic rings. The largest absolute Gasteiger partial charge is 0.506 e. The third-order valence-corrected chi connectivity index (χ3v) is 3.08. The van der Waals surface area contributed by atoms with E-state index in [2.05, 4.69) is 5.32 Å². The Morgan fingerprint density at radius 3 is 2.75 bits per heavy atom. The SMILES string of the molecule is O=C(O)C1CCCC1Nc1ccccc1O. The standard InChI is InChI=1S/C12H15NO3/c14-11-7-2-1-5-10(11)13-9-6-3-4-8(9)12(15)16/h1-2,5,7-9,13-14H,3-4,6H2,(H,15,16). The number of phenolic OH excluding ortho intramolecular Hbond substituents is 1. The zero-order valence-corrected chi connectivity index (χ0v) is 8.89. The minimum atomic E-state index is -0.759. The number of carboxylic acids is 1. The number of hydrogen-bond donors (Lipinski definition) is 3. The van der Waals surface area contributed by atoms with Gasteiger partial charge in [0, 0.05) is 6.04 Å². The molecule has 2 rings (SSSR count). The van der Waals surface area contributed by atoms with Crippen molar-refractivity contribution in [1.29, 1.82) is 0 Å². The lowest BCUT2D eigenvalue weighted by Gasteiger charge is -2.19. The molecule has 86 valence electrons. The van der Waals surface area contributed by atoms with Crippen LogP contribution in [0.2, 0.25) is 0 Å². The molecular formula is C12H15NO3. The van der Waals surface area contributed by atoms with Crippen LogP contribution in [0.15, 0.2) is 24.3 Å². The van der Waals surface area contributed by atoms with Crippen molar-refractivity contribution in [1.82, 2.24) is 0 Å². The summed E-state index contributed by atoms with van der Waals surface area (Å²) in [6.45, 7) is 0. The molecule has 1 fully saturated rings. The van der Waals surface area contributed by atoms with Gasteiger partial charge < -0.3 is 15.5 Å². The smallest absolute Gasteiger partial charge is 0.308 e. The maximum absolute atomic E-state index is 11.0. The number of hydrogen-bond acceptors (Lipinski definition) is 3. The number of phenols is 1. The summed E-state index contributed by atoms with van der Waals surface area (Å²) in [6.07, 6.45) is 2.47. The van der Waals surface area contributed by atoms with Crippen LogP contribution in [0.5, 0.6) is 5.75 Å². The van der Waals surface area contributed by atoms with E-state index in [1.54, 1.807) is 18.2 Å². The Morgan fingerprint density at radius 2 is 2.06 bits per heavy atom. The van der Waals surface area contributed by atoms with E-state index < -0.39 is 5.97 Å². The number of carboxylic acid groups (broad SMARTS) is 1. The van der Waals surface area contributed by atoms with Crippen LogP contribution in [0.3, 0.4) is 0 Å². The number of anilines is 1.